The summed E-state index contributed by atoms with van der Waals surface area (Å²) >= 11 is 0. The number of aliphatic carboxylic acids is 1. The van der Waals surface area contributed by atoms with Gasteiger partial charge < -0.3 is 15.2 Å². The highest BCUT2D eigenvalue weighted by atomic mass is 16.6. The van der Waals surface area contributed by atoms with Crippen molar-refractivity contribution in [3.63, 3.8) is 0 Å². The van der Waals surface area contributed by atoms with Gasteiger partial charge in [-0.05, 0) is 38.2 Å². The van der Waals surface area contributed by atoms with Crippen LogP contribution in [0.1, 0.15) is 71.8 Å². The summed E-state index contributed by atoms with van der Waals surface area (Å²) in [6.45, 7) is 9.50. The van der Waals surface area contributed by atoms with Crippen LogP contribution in [0.4, 0.5) is 5.69 Å². The van der Waals surface area contributed by atoms with E-state index in [0.717, 1.165) is 19.3 Å². The molecule has 0 spiro atoms. The molecule has 1 heterocycles. The van der Waals surface area contributed by atoms with Crippen LogP contribution in [0.25, 0.3) is 0 Å². The Hall–Kier alpha value is -3.16. The van der Waals surface area contributed by atoms with Crippen molar-refractivity contribution in [3.8, 4) is 0 Å². The van der Waals surface area contributed by atoms with Gasteiger partial charge in [-0.3, -0.25) is 10.1 Å². The van der Waals surface area contributed by atoms with E-state index < -0.39 is 22.8 Å². The van der Waals surface area contributed by atoms with Gasteiger partial charge in [0.1, 0.15) is 6.10 Å². The second kappa shape index (κ2) is 10.9. The number of carboxylic acids is 1. The SMILES string of the molecule is CCCC(CC(C)CC)OC(=O)C1=C(C)NC(C)=C(C(=O)O)C1c1cccc([N+](=O)[O-])c1. The number of dihydropyridines is 1. The van der Waals surface area contributed by atoms with Crippen LogP contribution in [0.3, 0.4) is 0 Å². The van der Waals surface area contributed by atoms with Crippen molar-refractivity contribution < 1.29 is 24.4 Å². The highest BCUT2D eigenvalue weighted by Gasteiger charge is 2.38. The summed E-state index contributed by atoms with van der Waals surface area (Å²) < 4.78 is 5.88. The zero-order valence-electron chi connectivity index (χ0n) is 19.3. The molecule has 0 radical (unpaired) electrons. The Bertz CT molecular complexity index is 950. The van der Waals surface area contributed by atoms with Crippen LogP contribution in [-0.2, 0) is 14.3 Å². The first-order valence-electron chi connectivity index (χ1n) is 11.0. The Labute approximate surface area is 188 Å². The van der Waals surface area contributed by atoms with Gasteiger partial charge >= 0.3 is 11.9 Å². The van der Waals surface area contributed by atoms with Crippen molar-refractivity contribution in [1.82, 2.24) is 5.32 Å². The van der Waals surface area contributed by atoms with Crippen LogP contribution in [0, 0.1) is 16.0 Å². The number of allylic oxidation sites excluding steroid dienone is 2. The fourth-order valence-corrected chi connectivity index (χ4v) is 4.08. The molecule has 0 fully saturated rings. The molecule has 1 aliphatic rings. The van der Waals surface area contributed by atoms with E-state index in [0.29, 0.717) is 29.3 Å². The lowest BCUT2D eigenvalue weighted by molar-refractivity contribution is -0.384. The summed E-state index contributed by atoms with van der Waals surface area (Å²) in [6.07, 6.45) is 2.95. The third kappa shape index (κ3) is 5.75. The third-order valence-electron chi connectivity index (χ3n) is 5.87. The number of nitrogens with one attached hydrogen (secondary N) is 1. The Morgan fingerprint density at radius 3 is 2.44 bits per heavy atom. The molecule has 2 rings (SSSR count). The number of non-ortho nitro benzene ring substituents is 1. The molecule has 2 N–H and O–H groups in total. The van der Waals surface area contributed by atoms with Crippen molar-refractivity contribution in [2.75, 3.05) is 0 Å². The molecule has 174 valence electrons. The number of carbonyl (C=O) groups excluding carboxylic acids is 1. The molecule has 0 aromatic heterocycles. The number of hydrogen-bond donors (Lipinski definition) is 2. The molecule has 0 amide bonds. The molecule has 3 atom stereocenters. The number of hydrogen-bond acceptors (Lipinski definition) is 6. The highest BCUT2D eigenvalue weighted by molar-refractivity contribution is 5.99. The minimum atomic E-state index is -1.20. The van der Waals surface area contributed by atoms with Crippen LogP contribution >= 0.6 is 0 Å². The predicted octanol–water partition coefficient (Wildman–Crippen LogP) is 5.06. The standard InChI is InChI=1S/C24H32N2O6/c1-6-9-19(12-14(3)7-2)32-24(29)21-16(5)25-15(4)20(23(27)28)22(21)17-10-8-11-18(13-17)26(30)31/h8,10-11,13-14,19,22,25H,6-7,9,12H2,1-5H3,(H,27,28). The number of carboxylic acid groups (broad SMARTS) is 1. The lowest BCUT2D eigenvalue weighted by atomic mass is 9.80. The lowest BCUT2D eigenvalue weighted by Gasteiger charge is -2.31. The average Bonchev–Trinajstić information content (AvgIpc) is 2.72. The summed E-state index contributed by atoms with van der Waals surface area (Å²) in [5, 5.41) is 24.2. The van der Waals surface area contributed by atoms with Crippen LogP contribution < -0.4 is 5.32 Å². The number of ether oxygens (including phenoxy) is 1. The zero-order valence-corrected chi connectivity index (χ0v) is 19.3. The van der Waals surface area contributed by atoms with Crippen molar-refractivity contribution in [1.29, 1.82) is 0 Å². The minimum absolute atomic E-state index is 0.0305. The molecule has 8 nitrogen and oxygen atoms in total. The molecular weight excluding hydrogens is 412 g/mol. The smallest absolute Gasteiger partial charge is 0.337 e. The maximum absolute atomic E-state index is 13.4. The van der Waals surface area contributed by atoms with Crippen molar-refractivity contribution in [2.24, 2.45) is 5.92 Å². The molecule has 1 aliphatic heterocycles. The summed E-state index contributed by atoms with van der Waals surface area (Å²) in [5.41, 5.74) is 1.18. The fraction of sp³-hybridized carbons (Fsp3) is 0.500. The van der Waals surface area contributed by atoms with Gasteiger partial charge in [0.25, 0.3) is 5.69 Å². The normalized spacial score (nSPS) is 18.1. The van der Waals surface area contributed by atoms with Gasteiger partial charge in [-0.25, -0.2) is 9.59 Å². The van der Waals surface area contributed by atoms with Crippen LogP contribution in [0.5, 0.6) is 0 Å². The topological polar surface area (TPSA) is 119 Å². The Kier molecular flexibility index (Phi) is 8.57. The first-order chi connectivity index (χ1) is 15.1. The molecule has 0 aliphatic carbocycles. The largest absolute Gasteiger partial charge is 0.478 e. The molecule has 0 saturated heterocycles. The van der Waals surface area contributed by atoms with Crippen LogP contribution in [0.15, 0.2) is 46.8 Å². The number of nitrogens with zero attached hydrogens (tertiary/aromatic N) is 1. The van der Waals surface area contributed by atoms with Gasteiger partial charge in [-0.2, -0.15) is 0 Å². The number of rotatable bonds is 10. The molecule has 3 unspecified atom stereocenters. The Balaban J connectivity index is 2.53. The van der Waals surface area contributed by atoms with Gasteiger partial charge in [0.05, 0.1) is 22.0 Å². The lowest BCUT2D eigenvalue weighted by Crippen LogP contribution is -2.33. The summed E-state index contributed by atoms with van der Waals surface area (Å²) in [4.78, 5) is 36.3. The zero-order chi connectivity index (χ0) is 24.0. The van der Waals surface area contributed by atoms with E-state index in [1.807, 2.05) is 6.92 Å². The molecular formula is C24H32N2O6. The maximum Gasteiger partial charge on any atom is 0.337 e. The van der Waals surface area contributed by atoms with Crippen molar-refractivity contribution in [2.45, 2.75) is 72.3 Å². The third-order valence-corrected chi connectivity index (χ3v) is 5.87. The van der Waals surface area contributed by atoms with E-state index in [1.54, 1.807) is 19.9 Å². The number of nitro groups is 1. The second-order valence-corrected chi connectivity index (χ2v) is 8.36. The van der Waals surface area contributed by atoms with E-state index in [9.17, 15) is 24.8 Å². The van der Waals surface area contributed by atoms with Crippen LogP contribution in [-0.4, -0.2) is 28.1 Å². The number of nitro benzene ring substituents is 1. The molecule has 0 saturated carbocycles. The van der Waals surface area contributed by atoms with E-state index in [1.165, 1.54) is 18.2 Å². The predicted molar refractivity (Wildman–Crippen MR) is 121 cm³/mol. The van der Waals surface area contributed by atoms with E-state index in [-0.39, 0.29) is 22.9 Å². The van der Waals surface area contributed by atoms with Gasteiger partial charge in [-0.15, -0.1) is 0 Å². The summed E-state index contributed by atoms with van der Waals surface area (Å²) in [7, 11) is 0. The summed E-state index contributed by atoms with van der Waals surface area (Å²) in [6, 6.07) is 5.74. The van der Waals surface area contributed by atoms with Crippen molar-refractivity contribution in [3.05, 3.63) is 62.5 Å². The second-order valence-electron chi connectivity index (χ2n) is 8.36. The minimum Gasteiger partial charge on any atom is -0.478 e. The van der Waals surface area contributed by atoms with Crippen LogP contribution in [0.2, 0.25) is 0 Å². The first-order valence-corrected chi connectivity index (χ1v) is 11.0. The van der Waals surface area contributed by atoms with Crippen molar-refractivity contribution >= 4 is 17.6 Å². The van der Waals surface area contributed by atoms with Gasteiger partial charge in [-0.1, -0.05) is 45.7 Å². The number of benzene rings is 1. The van der Waals surface area contributed by atoms with E-state index >= 15 is 0 Å². The molecule has 1 aromatic carbocycles. The van der Waals surface area contributed by atoms with Gasteiger partial charge in [0.15, 0.2) is 0 Å². The quantitative estimate of drug-likeness (QED) is 0.294. The first kappa shape index (κ1) is 25.1. The average molecular weight is 445 g/mol. The summed E-state index contributed by atoms with van der Waals surface area (Å²) in [5.74, 6) is -2.40. The highest BCUT2D eigenvalue weighted by Crippen LogP contribution is 2.40. The molecule has 8 heteroatoms. The fourth-order valence-electron chi connectivity index (χ4n) is 4.08. The number of carbonyl (C=O) groups is 2. The monoisotopic (exact) mass is 444 g/mol. The Morgan fingerprint density at radius 2 is 1.88 bits per heavy atom. The maximum atomic E-state index is 13.4. The van der Waals surface area contributed by atoms with E-state index in [4.69, 9.17) is 4.74 Å². The Morgan fingerprint density at radius 1 is 1.22 bits per heavy atom. The van der Waals surface area contributed by atoms with Gasteiger partial charge in [0, 0.05) is 23.5 Å². The van der Waals surface area contributed by atoms with E-state index in [2.05, 4.69) is 19.2 Å². The molecule has 32 heavy (non-hydrogen) atoms. The molecule has 1 aromatic rings. The van der Waals surface area contributed by atoms with Gasteiger partial charge in [0.2, 0.25) is 0 Å². The molecule has 0 bridgehead atoms. The number of esters is 1.